The smallest absolute Gasteiger partial charge is 0.00136 e. The average molecular weight is 328 g/mol. The van der Waals surface area contributed by atoms with Gasteiger partial charge in [0.15, 0.2) is 0 Å². The molecule has 0 radical (unpaired) electrons. The van der Waals surface area contributed by atoms with E-state index in [1.807, 2.05) is 0 Å². The van der Waals surface area contributed by atoms with E-state index in [2.05, 4.69) is 72.8 Å². The van der Waals surface area contributed by atoms with Gasteiger partial charge in [-0.3, -0.25) is 0 Å². The molecule has 0 aromatic heterocycles. The molecule has 0 nitrogen and oxygen atoms in total. The van der Waals surface area contributed by atoms with Gasteiger partial charge in [-0.25, -0.2) is 0 Å². The van der Waals surface area contributed by atoms with Gasteiger partial charge in [-0.05, 0) is 78.5 Å². The van der Waals surface area contributed by atoms with Gasteiger partial charge in [0, 0.05) is 0 Å². The van der Waals surface area contributed by atoms with E-state index in [1.165, 1.54) is 65.7 Å². The Morgan fingerprint density at radius 3 is 1.50 bits per heavy atom. The van der Waals surface area contributed by atoms with E-state index in [0.717, 1.165) is 12.8 Å². The summed E-state index contributed by atoms with van der Waals surface area (Å²) in [5, 5.41) is 8.62. The molecule has 0 fully saturated rings. The van der Waals surface area contributed by atoms with Gasteiger partial charge < -0.3 is 0 Å². The lowest BCUT2D eigenvalue weighted by atomic mass is 9.81. The fraction of sp³-hybridized carbons (Fsp3) is 0.0769. The van der Waals surface area contributed by atoms with Crippen molar-refractivity contribution in [2.24, 2.45) is 0 Å². The second kappa shape index (κ2) is 4.34. The highest BCUT2D eigenvalue weighted by Crippen LogP contribution is 2.54. The molecule has 0 aliphatic heterocycles. The van der Waals surface area contributed by atoms with Crippen molar-refractivity contribution in [1.82, 2.24) is 0 Å². The number of hydrogen-bond donors (Lipinski definition) is 0. The molecule has 2 aliphatic rings. The van der Waals surface area contributed by atoms with E-state index in [0.29, 0.717) is 0 Å². The zero-order chi connectivity index (χ0) is 16.8. The third kappa shape index (κ3) is 1.36. The number of fused-ring (bicyclic) bond motifs is 5. The monoisotopic (exact) mass is 328 g/mol. The van der Waals surface area contributed by atoms with Crippen molar-refractivity contribution in [2.45, 2.75) is 12.8 Å². The fourth-order valence-electron chi connectivity index (χ4n) is 5.48. The lowest BCUT2D eigenvalue weighted by molar-refractivity contribution is 0.968. The largest absolute Gasteiger partial charge is 0.0613 e. The van der Waals surface area contributed by atoms with Crippen LogP contribution in [0.1, 0.15) is 11.1 Å². The predicted octanol–water partition coefficient (Wildman–Crippen LogP) is 6.89. The van der Waals surface area contributed by atoms with Gasteiger partial charge in [0.05, 0.1) is 0 Å². The van der Waals surface area contributed by atoms with Crippen LogP contribution in [-0.2, 0) is 12.8 Å². The third-order valence-electron chi connectivity index (χ3n) is 6.45. The van der Waals surface area contributed by atoms with Crippen molar-refractivity contribution in [3.63, 3.8) is 0 Å². The summed E-state index contributed by atoms with van der Waals surface area (Å²) < 4.78 is 0. The van der Waals surface area contributed by atoms with Crippen molar-refractivity contribution in [3.8, 4) is 22.3 Å². The minimum absolute atomic E-state index is 1.15. The van der Waals surface area contributed by atoms with Crippen LogP contribution in [0.5, 0.6) is 0 Å². The fourth-order valence-corrected chi connectivity index (χ4v) is 5.48. The molecule has 120 valence electrons. The molecule has 7 rings (SSSR count). The molecule has 0 heteroatoms. The van der Waals surface area contributed by atoms with Crippen LogP contribution in [0, 0.1) is 0 Å². The first-order valence-corrected chi connectivity index (χ1v) is 9.43. The summed E-state index contributed by atoms with van der Waals surface area (Å²) in [7, 11) is 0. The molecule has 0 heterocycles. The van der Waals surface area contributed by atoms with Crippen molar-refractivity contribution < 1.29 is 0 Å². The molecular formula is C26H16. The number of hydrogen-bond acceptors (Lipinski definition) is 0. The summed E-state index contributed by atoms with van der Waals surface area (Å²) in [6, 6.07) is 27.4. The minimum Gasteiger partial charge on any atom is -0.0613 e. The van der Waals surface area contributed by atoms with Gasteiger partial charge in [-0.2, -0.15) is 0 Å². The van der Waals surface area contributed by atoms with Crippen LogP contribution >= 0.6 is 0 Å². The molecule has 26 heavy (non-hydrogen) atoms. The molecule has 0 spiro atoms. The van der Waals surface area contributed by atoms with E-state index in [4.69, 9.17) is 0 Å². The maximum Gasteiger partial charge on any atom is -0.00136 e. The van der Waals surface area contributed by atoms with Crippen molar-refractivity contribution in [3.05, 3.63) is 83.9 Å². The highest BCUT2D eigenvalue weighted by Gasteiger charge is 2.28. The molecule has 5 aromatic rings. The molecule has 0 saturated heterocycles. The van der Waals surface area contributed by atoms with E-state index in [9.17, 15) is 0 Å². The van der Waals surface area contributed by atoms with Gasteiger partial charge in [0.1, 0.15) is 0 Å². The topological polar surface area (TPSA) is 0 Å². The molecule has 0 amide bonds. The predicted molar refractivity (Wildman–Crippen MR) is 111 cm³/mol. The Hall–Kier alpha value is -3.12. The van der Waals surface area contributed by atoms with E-state index in [-0.39, 0.29) is 0 Å². The molecule has 0 saturated carbocycles. The summed E-state index contributed by atoms with van der Waals surface area (Å²) >= 11 is 0. The van der Waals surface area contributed by atoms with Crippen LogP contribution in [0.25, 0.3) is 54.6 Å². The Bertz CT molecular complexity index is 1310. The van der Waals surface area contributed by atoms with Gasteiger partial charge in [-0.1, -0.05) is 72.8 Å². The van der Waals surface area contributed by atoms with Crippen molar-refractivity contribution >= 4 is 32.3 Å². The Morgan fingerprint density at radius 1 is 0.462 bits per heavy atom. The van der Waals surface area contributed by atoms with Gasteiger partial charge in [0.25, 0.3) is 0 Å². The average Bonchev–Trinajstić information content (AvgIpc) is 3.04. The van der Waals surface area contributed by atoms with Crippen LogP contribution in [0.15, 0.2) is 72.8 Å². The van der Waals surface area contributed by atoms with Gasteiger partial charge >= 0.3 is 0 Å². The first-order valence-electron chi connectivity index (χ1n) is 9.43. The van der Waals surface area contributed by atoms with Crippen LogP contribution in [-0.4, -0.2) is 0 Å². The van der Waals surface area contributed by atoms with E-state index in [1.54, 1.807) is 0 Å². The Kier molecular flexibility index (Phi) is 2.19. The van der Waals surface area contributed by atoms with Gasteiger partial charge in [0.2, 0.25) is 0 Å². The molecular weight excluding hydrogens is 312 g/mol. The first-order chi connectivity index (χ1) is 12.9. The second-order valence-corrected chi connectivity index (χ2v) is 7.64. The Labute approximate surface area is 151 Å². The molecule has 0 atom stereocenters. The second-order valence-electron chi connectivity index (χ2n) is 7.64. The Morgan fingerprint density at radius 2 is 0.962 bits per heavy atom. The highest BCUT2D eigenvalue weighted by atomic mass is 14.3. The van der Waals surface area contributed by atoms with E-state index < -0.39 is 0 Å². The first kappa shape index (κ1) is 13.1. The lowest BCUT2D eigenvalue weighted by Crippen LogP contribution is -2.02. The van der Waals surface area contributed by atoms with Crippen LogP contribution in [0.3, 0.4) is 0 Å². The maximum atomic E-state index is 2.34. The van der Waals surface area contributed by atoms with Crippen LogP contribution in [0.2, 0.25) is 0 Å². The normalized spacial score (nSPS) is 13.8. The molecule has 0 bridgehead atoms. The van der Waals surface area contributed by atoms with Crippen molar-refractivity contribution in [1.29, 1.82) is 0 Å². The molecule has 0 N–H and O–H groups in total. The molecule has 0 unspecified atom stereocenters. The Balaban J connectivity index is 1.87. The third-order valence-corrected chi connectivity index (χ3v) is 6.45. The van der Waals surface area contributed by atoms with Gasteiger partial charge in [-0.15, -0.1) is 0 Å². The summed E-state index contributed by atoms with van der Waals surface area (Å²) in [5.41, 5.74) is 8.72. The quantitative estimate of drug-likeness (QED) is 0.266. The highest BCUT2D eigenvalue weighted by molar-refractivity contribution is 6.31. The zero-order valence-electron chi connectivity index (χ0n) is 14.3. The van der Waals surface area contributed by atoms with Crippen LogP contribution < -0.4 is 0 Å². The molecule has 5 aromatic carbocycles. The number of rotatable bonds is 0. The number of benzene rings is 5. The molecule has 2 aliphatic carbocycles. The van der Waals surface area contributed by atoms with E-state index >= 15 is 0 Å². The summed E-state index contributed by atoms with van der Waals surface area (Å²) in [6.07, 6.45) is 2.30. The van der Waals surface area contributed by atoms with Crippen LogP contribution in [0.4, 0.5) is 0 Å². The summed E-state index contributed by atoms with van der Waals surface area (Å²) in [5.74, 6) is 0. The maximum absolute atomic E-state index is 2.34. The SMILES string of the molecule is c1cc2c3c(cccc3c1)-c1c-2c2cccc3c2c2c(cccc12)CC3. The lowest BCUT2D eigenvalue weighted by Gasteiger charge is -2.22. The summed E-state index contributed by atoms with van der Waals surface area (Å²) in [4.78, 5) is 0. The van der Waals surface area contributed by atoms with Crippen molar-refractivity contribution in [2.75, 3.05) is 0 Å². The number of aryl methyl sites for hydroxylation is 2. The summed E-state index contributed by atoms with van der Waals surface area (Å²) in [6.45, 7) is 0. The standard InChI is InChI=1S/C26H16/c1-5-15-6-2-10-19-22(15)18(9-1)25-20-11-3-7-16-13-14-17-8-4-12-21(26(19)25)24(17)23(16)20/h1-12H,13-14H2. The zero-order valence-corrected chi connectivity index (χ0v) is 14.3. The minimum atomic E-state index is 1.15.